The lowest BCUT2D eigenvalue weighted by Gasteiger charge is -2.31. The van der Waals surface area contributed by atoms with Crippen LogP contribution < -0.4 is 5.32 Å². The highest BCUT2D eigenvalue weighted by molar-refractivity contribution is 7.99. The number of halogens is 1. The van der Waals surface area contributed by atoms with Gasteiger partial charge in [-0.2, -0.15) is 0 Å². The molecule has 2 heterocycles. The zero-order valence-electron chi connectivity index (χ0n) is 15.1. The van der Waals surface area contributed by atoms with Gasteiger partial charge in [-0.05, 0) is 37.5 Å². The van der Waals surface area contributed by atoms with Gasteiger partial charge >= 0.3 is 0 Å². The maximum Gasteiger partial charge on any atom is 0.232 e. The minimum absolute atomic E-state index is 0.0625. The number of aromatic nitrogens is 1. The fraction of sp³-hybridized carbons (Fsp3) is 0.421. The van der Waals surface area contributed by atoms with E-state index in [0.29, 0.717) is 48.3 Å². The van der Waals surface area contributed by atoms with E-state index in [4.69, 9.17) is 16.1 Å². The lowest BCUT2D eigenvalue weighted by Crippen LogP contribution is -2.42. The van der Waals surface area contributed by atoms with Crippen molar-refractivity contribution in [2.75, 3.05) is 24.2 Å². The van der Waals surface area contributed by atoms with Gasteiger partial charge in [0.05, 0.1) is 5.75 Å². The number of carbonyl (C=O) groups is 2. The second-order valence-electron chi connectivity index (χ2n) is 6.59. The molecule has 3 rings (SSSR count). The molecule has 0 atom stereocenters. The molecule has 1 aromatic heterocycles. The van der Waals surface area contributed by atoms with E-state index >= 15 is 0 Å². The lowest BCUT2D eigenvalue weighted by molar-refractivity contribution is -0.132. The van der Waals surface area contributed by atoms with Crippen LogP contribution in [0, 0.1) is 12.8 Å². The summed E-state index contributed by atoms with van der Waals surface area (Å²) >= 11 is 7.47. The number of rotatable bonds is 6. The summed E-state index contributed by atoms with van der Waals surface area (Å²) in [5.41, 5.74) is 1.15. The average Bonchev–Trinajstić information content (AvgIpc) is 3.08. The van der Waals surface area contributed by atoms with Gasteiger partial charge in [-0.1, -0.05) is 28.9 Å². The molecule has 1 fully saturated rings. The Balaban J connectivity index is 1.38. The molecule has 27 heavy (non-hydrogen) atoms. The van der Waals surface area contributed by atoms with Crippen molar-refractivity contribution in [3.8, 4) is 0 Å². The number of thioether (sulfide) groups is 1. The Morgan fingerprint density at radius 2 is 2.00 bits per heavy atom. The average molecular weight is 408 g/mol. The van der Waals surface area contributed by atoms with Crippen LogP contribution in [-0.2, 0) is 15.3 Å². The molecule has 0 radical (unpaired) electrons. The Kier molecular flexibility index (Phi) is 6.79. The van der Waals surface area contributed by atoms with Crippen molar-refractivity contribution in [1.29, 1.82) is 0 Å². The van der Waals surface area contributed by atoms with Crippen molar-refractivity contribution in [1.82, 2.24) is 10.1 Å². The smallest absolute Gasteiger partial charge is 0.232 e. The molecular formula is C19H22ClN3O3S. The summed E-state index contributed by atoms with van der Waals surface area (Å²) in [6, 6.07) is 9.35. The first-order valence-electron chi connectivity index (χ1n) is 8.85. The minimum Gasteiger partial charge on any atom is -0.360 e. The minimum atomic E-state index is -0.104. The maximum absolute atomic E-state index is 12.4. The van der Waals surface area contributed by atoms with Crippen LogP contribution in [0.1, 0.15) is 24.2 Å². The third-order valence-corrected chi connectivity index (χ3v) is 5.75. The topological polar surface area (TPSA) is 75.4 Å². The summed E-state index contributed by atoms with van der Waals surface area (Å²) in [5.74, 6) is 2.27. The largest absolute Gasteiger partial charge is 0.360 e. The molecule has 1 saturated heterocycles. The van der Waals surface area contributed by atoms with Crippen LogP contribution in [0.25, 0.3) is 0 Å². The van der Waals surface area contributed by atoms with Gasteiger partial charge in [0, 0.05) is 35.8 Å². The van der Waals surface area contributed by atoms with Crippen molar-refractivity contribution >= 4 is 41.0 Å². The molecule has 1 aliphatic heterocycles. The highest BCUT2D eigenvalue weighted by Gasteiger charge is 2.27. The first kappa shape index (κ1) is 19.8. The lowest BCUT2D eigenvalue weighted by atomic mass is 9.96. The molecule has 1 aromatic carbocycles. The fourth-order valence-corrected chi connectivity index (χ4v) is 3.99. The normalized spacial score (nSPS) is 15.0. The van der Waals surface area contributed by atoms with Gasteiger partial charge in [-0.25, -0.2) is 0 Å². The van der Waals surface area contributed by atoms with E-state index in [2.05, 4.69) is 10.5 Å². The molecule has 0 saturated carbocycles. The summed E-state index contributed by atoms with van der Waals surface area (Å²) in [4.78, 5) is 26.5. The fourth-order valence-electron chi connectivity index (χ4n) is 2.97. The zero-order chi connectivity index (χ0) is 19.2. The van der Waals surface area contributed by atoms with E-state index < -0.39 is 0 Å². The number of hydrogen-bond donors (Lipinski definition) is 1. The molecule has 1 aliphatic rings. The zero-order valence-corrected chi connectivity index (χ0v) is 16.7. The standard InChI is InChI=1S/C19H22ClN3O3S/c1-13-10-17(22-26-13)21-19(25)15-6-8-23(9-7-15)18(24)12-27-11-14-2-4-16(20)5-3-14/h2-5,10,15H,6-9,11-12H2,1H3,(H,21,22,25). The van der Waals surface area contributed by atoms with E-state index in [1.165, 1.54) is 0 Å². The molecule has 2 aromatic rings. The summed E-state index contributed by atoms with van der Waals surface area (Å²) in [6.07, 6.45) is 1.33. The Morgan fingerprint density at radius 3 is 2.63 bits per heavy atom. The van der Waals surface area contributed by atoms with Gasteiger partial charge in [0.2, 0.25) is 11.8 Å². The highest BCUT2D eigenvalue weighted by Crippen LogP contribution is 2.21. The van der Waals surface area contributed by atoms with Gasteiger partial charge in [0.15, 0.2) is 5.82 Å². The van der Waals surface area contributed by atoms with Gasteiger partial charge in [-0.15, -0.1) is 11.8 Å². The van der Waals surface area contributed by atoms with Crippen LogP contribution in [0.5, 0.6) is 0 Å². The SMILES string of the molecule is Cc1cc(NC(=O)C2CCN(C(=O)CSCc3ccc(Cl)cc3)CC2)no1. The van der Waals surface area contributed by atoms with Crippen LogP contribution >= 0.6 is 23.4 Å². The number of nitrogens with zero attached hydrogens (tertiary/aromatic N) is 2. The number of amides is 2. The van der Waals surface area contributed by atoms with Gasteiger partial charge < -0.3 is 14.7 Å². The molecular weight excluding hydrogens is 386 g/mol. The van der Waals surface area contributed by atoms with Gasteiger partial charge in [0.25, 0.3) is 0 Å². The van der Waals surface area contributed by atoms with Gasteiger partial charge in [-0.3, -0.25) is 9.59 Å². The quantitative estimate of drug-likeness (QED) is 0.789. The Morgan fingerprint density at radius 1 is 1.30 bits per heavy atom. The summed E-state index contributed by atoms with van der Waals surface area (Å²) in [7, 11) is 0. The number of benzene rings is 1. The number of aryl methyl sites for hydroxylation is 1. The van der Waals surface area contributed by atoms with Crippen LogP contribution in [0.3, 0.4) is 0 Å². The first-order valence-corrected chi connectivity index (χ1v) is 10.4. The van der Waals surface area contributed by atoms with Crippen LogP contribution in [0.2, 0.25) is 5.02 Å². The van der Waals surface area contributed by atoms with Crippen LogP contribution in [0.4, 0.5) is 5.82 Å². The number of nitrogens with one attached hydrogen (secondary N) is 1. The third kappa shape index (κ3) is 5.74. The predicted octanol–water partition coefficient (Wildman–Crippen LogP) is 3.75. The maximum atomic E-state index is 12.4. The molecule has 6 nitrogen and oxygen atoms in total. The molecule has 0 unspecified atom stereocenters. The molecule has 144 valence electrons. The van der Waals surface area contributed by atoms with Crippen molar-refractivity contribution in [2.45, 2.75) is 25.5 Å². The van der Waals surface area contributed by atoms with Crippen LogP contribution in [0.15, 0.2) is 34.9 Å². The van der Waals surface area contributed by atoms with Crippen molar-refractivity contribution in [2.24, 2.45) is 5.92 Å². The highest BCUT2D eigenvalue weighted by atomic mass is 35.5. The van der Waals surface area contributed by atoms with Crippen LogP contribution in [-0.4, -0.2) is 40.7 Å². The van der Waals surface area contributed by atoms with Crippen molar-refractivity contribution in [3.05, 3.63) is 46.7 Å². The second kappa shape index (κ2) is 9.28. The Labute approximate surface area is 167 Å². The van der Waals surface area contributed by atoms with Gasteiger partial charge in [0.1, 0.15) is 5.76 Å². The molecule has 0 aliphatic carbocycles. The predicted molar refractivity (Wildman–Crippen MR) is 107 cm³/mol. The molecule has 2 amide bonds. The Hall–Kier alpha value is -1.99. The number of anilines is 1. The second-order valence-corrected chi connectivity index (χ2v) is 8.01. The van der Waals surface area contributed by atoms with E-state index in [1.807, 2.05) is 29.2 Å². The third-order valence-electron chi connectivity index (χ3n) is 4.51. The molecule has 0 spiro atoms. The monoisotopic (exact) mass is 407 g/mol. The van der Waals surface area contributed by atoms with E-state index in [-0.39, 0.29) is 17.7 Å². The summed E-state index contributed by atoms with van der Waals surface area (Å²) in [5, 5.41) is 7.26. The number of likely N-dealkylation sites (tertiary alicyclic amines) is 1. The van der Waals surface area contributed by atoms with E-state index in [1.54, 1.807) is 24.8 Å². The molecule has 8 heteroatoms. The van der Waals surface area contributed by atoms with E-state index in [9.17, 15) is 9.59 Å². The first-order chi connectivity index (χ1) is 13.0. The summed E-state index contributed by atoms with van der Waals surface area (Å²) in [6.45, 7) is 2.99. The molecule has 0 bridgehead atoms. The number of hydrogen-bond acceptors (Lipinski definition) is 5. The number of piperidine rings is 1. The Bertz CT molecular complexity index is 786. The number of carbonyl (C=O) groups excluding carboxylic acids is 2. The summed E-state index contributed by atoms with van der Waals surface area (Å²) < 4.78 is 4.95. The van der Waals surface area contributed by atoms with Crippen molar-refractivity contribution < 1.29 is 14.1 Å². The molecule has 1 N–H and O–H groups in total. The van der Waals surface area contributed by atoms with Crippen molar-refractivity contribution in [3.63, 3.8) is 0 Å². The van der Waals surface area contributed by atoms with E-state index in [0.717, 1.165) is 11.3 Å².